The molecule has 0 saturated heterocycles. The summed E-state index contributed by atoms with van der Waals surface area (Å²) in [5.74, 6) is -0.938. The van der Waals surface area contributed by atoms with Crippen molar-refractivity contribution in [2.75, 3.05) is 0 Å². The van der Waals surface area contributed by atoms with Crippen LogP contribution in [0.2, 0.25) is 0 Å². The molecule has 0 amide bonds. The van der Waals surface area contributed by atoms with Gasteiger partial charge in [-0.1, -0.05) is 18.2 Å². The van der Waals surface area contributed by atoms with E-state index in [4.69, 9.17) is 5.11 Å². The minimum absolute atomic E-state index is 0. The third-order valence-electron chi connectivity index (χ3n) is 1.68. The molecule has 0 saturated carbocycles. The number of alkyl halides is 3. The summed E-state index contributed by atoms with van der Waals surface area (Å²) in [5.41, 5.74) is -3.37. The molecule has 1 rings (SSSR count). The van der Waals surface area contributed by atoms with Gasteiger partial charge in [0.25, 0.3) is 0 Å². The van der Waals surface area contributed by atoms with E-state index in [9.17, 15) is 26.1 Å². The van der Waals surface area contributed by atoms with Crippen LogP contribution in [0, 0.1) is 0 Å². The summed E-state index contributed by atoms with van der Waals surface area (Å²) in [6.45, 7) is 0. The van der Waals surface area contributed by atoms with Gasteiger partial charge in [-0.05, 0) is 6.07 Å². The first-order chi connectivity index (χ1) is 7.61. The van der Waals surface area contributed by atoms with Crippen molar-refractivity contribution in [3.8, 4) is 5.75 Å². The second-order valence-corrected chi connectivity index (χ2v) is 4.36. The van der Waals surface area contributed by atoms with Crippen LogP contribution in [-0.2, 0) is 10.1 Å². The van der Waals surface area contributed by atoms with E-state index >= 15 is 0 Å². The van der Waals surface area contributed by atoms with Gasteiger partial charge in [0.15, 0.2) is 5.44 Å². The maximum Gasteiger partial charge on any atom is 1.00 e. The molecule has 1 N–H and O–H groups in total. The Morgan fingerprint density at radius 2 is 1.78 bits per heavy atom. The SMILES string of the molecule is O=S(=O)([O-])C(O)c1ccccc1OC(F)(F)F.[Na+]. The third-order valence-corrected chi connectivity index (χ3v) is 2.48. The monoisotopic (exact) mass is 294 g/mol. The fourth-order valence-corrected chi connectivity index (χ4v) is 1.56. The first-order valence-electron chi connectivity index (χ1n) is 4.09. The summed E-state index contributed by atoms with van der Waals surface area (Å²) >= 11 is 0. The van der Waals surface area contributed by atoms with Crippen molar-refractivity contribution in [2.45, 2.75) is 11.8 Å². The minimum Gasteiger partial charge on any atom is -0.746 e. The van der Waals surface area contributed by atoms with E-state index < -0.39 is 33.2 Å². The molecule has 1 aromatic carbocycles. The van der Waals surface area contributed by atoms with Gasteiger partial charge in [-0.2, -0.15) is 0 Å². The second kappa shape index (κ2) is 6.22. The zero-order valence-corrected chi connectivity index (χ0v) is 11.8. The van der Waals surface area contributed by atoms with Gasteiger partial charge in [0.05, 0.1) is 0 Å². The Bertz CT molecular complexity index is 502. The second-order valence-electron chi connectivity index (χ2n) is 2.93. The summed E-state index contributed by atoms with van der Waals surface area (Å²) in [6, 6.07) is 3.93. The molecule has 0 aromatic heterocycles. The van der Waals surface area contributed by atoms with E-state index in [0.717, 1.165) is 24.3 Å². The largest absolute Gasteiger partial charge is 1.00 e. The van der Waals surface area contributed by atoms with Gasteiger partial charge in [0.2, 0.25) is 0 Å². The van der Waals surface area contributed by atoms with Crippen LogP contribution < -0.4 is 34.3 Å². The van der Waals surface area contributed by atoms with Crippen LogP contribution in [0.3, 0.4) is 0 Å². The van der Waals surface area contributed by atoms with Crippen LogP contribution in [0.25, 0.3) is 0 Å². The summed E-state index contributed by atoms with van der Waals surface area (Å²) in [4.78, 5) is 0. The van der Waals surface area contributed by atoms with E-state index in [1.54, 1.807) is 0 Å². The smallest absolute Gasteiger partial charge is 0.746 e. The molecule has 1 aromatic rings. The average molecular weight is 294 g/mol. The predicted octanol–water partition coefficient (Wildman–Crippen LogP) is -1.87. The third kappa shape index (κ3) is 5.12. The Morgan fingerprint density at radius 1 is 1.28 bits per heavy atom. The topological polar surface area (TPSA) is 86.7 Å². The molecular formula is C8H6F3NaO5S. The first kappa shape index (κ1) is 17.7. The number of rotatable bonds is 3. The van der Waals surface area contributed by atoms with Crippen molar-refractivity contribution in [1.29, 1.82) is 0 Å². The van der Waals surface area contributed by atoms with Crippen LogP contribution >= 0.6 is 0 Å². The van der Waals surface area contributed by atoms with Crippen LogP contribution in [0.4, 0.5) is 13.2 Å². The zero-order valence-electron chi connectivity index (χ0n) is 9.01. The number of ether oxygens (including phenoxy) is 1. The molecule has 0 aliphatic rings. The van der Waals surface area contributed by atoms with Gasteiger partial charge < -0.3 is 14.4 Å². The molecule has 5 nitrogen and oxygen atoms in total. The maximum atomic E-state index is 11.9. The maximum absolute atomic E-state index is 11.9. The molecular weight excluding hydrogens is 288 g/mol. The molecule has 0 aliphatic carbocycles. The molecule has 0 bridgehead atoms. The van der Waals surface area contributed by atoms with Gasteiger partial charge in [-0.25, -0.2) is 8.42 Å². The molecule has 0 fully saturated rings. The van der Waals surface area contributed by atoms with Gasteiger partial charge in [0, 0.05) is 5.56 Å². The Kier molecular flexibility index (Phi) is 6.11. The summed E-state index contributed by atoms with van der Waals surface area (Å²) in [7, 11) is -5.18. The Morgan fingerprint density at radius 3 is 2.22 bits per heavy atom. The van der Waals surface area contributed by atoms with E-state index in [0.29, 0.717) is 0 Å². The van der Waals surface area contributed by atoms with Crippen molar-refractivity contribution in [3.63, 3.8) is 0 Å². The first-order valence-corrected chi connectivity index (χ1v) is 5.56. The Balaban J connectivity index is 0.00000289. The van der Waals surface area contributed by atoms with Crippen molar-refractivity contribution in [3.05, 3.63) is 29.8 Å². The summed E-state index contributed by atoms with van der Waals surface area (Å²) in [5, 5.41) is 9.09. The molecule has 1 atom stereocenters. The van der Waals surface area contributed by atoms with E-state index in [-0.39, 0.29) is 29.6 Å². The van der Waals surface area contributed by atoms with Gasteiger partial charge in [0.1, 0.15) is 15.9 Å². The minimum atomic E-state index is -5.18. The van der Waals surface area contributed by atoms with E-state index in [1.807, 2.05) is 0 Å². The molecule has 0 spiro atoms. The molecule has 10 heteroatoms. The van der Waals surface area contributed by atoms with Crippen LogP contribution in [0.5, 0.6) is 5.75 Å². The van der Waals surface area contributed by atoms with Crippen LogP contribution in [0.1, 0.15) is 11.0 Å². The van der Waals surface area contributed by atoms with E-state index in [2.05, 4.69) is 4.74 Å². The summed E-state index contributed by atoms with van der Waals surface area (Å²) in [6.07, 6.45) is -5.05. The number of aliphatic hydroxyl groups is 1. The van der Waals surface area contributed by atoms with Crippen LogP contribution in [-0.4, -0.2) is 24.4 Å². The Labute approximate surface area is 123 Å². The average Bonchev–Trinajstić information content (AvgIpc) is 2.13. The quantitative estimate of drug-likeness (QED) is 0.521. The number of para-hydroxylation sites is 1. The molecule has 0 aliphatic heterocycles. The number of benzene rings is 1. The molecule has 0 heterocycles. The van der Waals surface area contributed by atoms with Gasteiger partial charge >= 0.3 is 35.9 Å². The van der Waals surface area contributed by atoms with Crippen molar-refractivity contribution in [2.24, 2.45) is 0 Å². The van der Waals surface area contributed by atoms with Crippen LogP contribution in [0.15, 0.2) is 24.3 Å². The predicted molar refractivity (Wildman–Crippen MR) is 47.8 cm³/mol. The van der Waals surface area contributed by atoms with E-state index in [1.165, 1.54) is 0 Å². The zero-order chi connectivity index (χ0) is 13.3. The number of hydrogen-bond acceptors (Lipinski definition) is 5. The normalized spacial score (nSPS) is 13.6. The number of aliphatic hydroxyl groups excluding tert-OH is 1. The fraction of sp³-hybridized carbons (Fsp3) is 0.250. The molecule has 1 unspecified atom stereocenters. The molecule has 0 radical (unpaired) electrons. The molecule has 18 heavy (non-hydrogen) atoms. The van der Waals surface area contributed by atoms with Gasteiger partial charge in [-0.3, -0.25) is 0 Å². The van der Waals surface area contributed by atoms with Gasteiger partial charge in [-0.15, -0.1) is 13.2 Å². The fourth-order valence-electron chi connectivity index (χ4n) is 1.06. The number of hydrogen-bond donors (Lipinski definition) is 1. The molecule has 96 valence electrons. The Hall–Kier alpha value is -0.320. The van der Waals surface area contributed by atoms with Crippen molar-refractivity contribution in [1.82, 2.24) is 0 Å². The van der Waals surface area contributed by atoms with Crippen molar-refractivity contribution >= 4 is 10.1 Å². The standard InChI is InChI=1S/C8H7F3O5S.Na/c9-8(10,11)16-6-4-2-1-3-5(6)7(12)17(13,14)15;/h1-4,7,12H,(H,13,14,15);/q;+1/p-1. The summed E-state index contributed by atoms with van der Waals surface area (Å²) < 4.78 is 70.9. The van der Waals surface area contributed by atoms with Crippen molar-refractivity contribution < 1.29 is 65.5 Å². The number of halogens is 3.